The summed E-state index contributed by atoms with van der Waals surface area (Å²) in [5, 5.41) is 21.4. The number of benzene rings is 2. The third-order valence-corrected chi connectivity index (χ3v) is 5.94. The van der Waals surface area contributed by atoms with Gasteiger partial charge >= 0.3 is 0 Å². The van der Waals surface area contributed by atoms with E-state index in [0.717, 1.165) is 47.5 Å². The van der Waals surface area contributed by atoms with Crippen LogP contribution in [0.4, 0.5) is 0 Å². The minimum Gasteiger partial charge on any atom is -0.496 e. The van der Waals surface area contributed by atoms with Crippen LogP contribution in [0.2, 0.25) is 0 Å². The number of aromatic nitrogens is 1. The van der Waals surface area contributed by atoms with E-state index in [-0.39, 0.29) is 11.8 Å². The fourth-order valence-electron chi connectivity index (χ4n) is 4.35. The van der Waals surface area contributed by atoms with Crippen molar-refractivity contribution in [1.29, 1.82) is 0 Å². The molecule has 1 aliphatic rings. The Morgan fingerprint density at radius 3 is 2.30 bits per heavy atom. The van der Waals surface area contributed by atoms with E-state index < -0.39 is 0 Å². The highest BCUT2D eigenvalue weighted by atomic mass is 16.5. The predicted octanol–water partition coefficient (Wildman–Crippen LogP) is 5.01. The van der Waals surface area contributed by atoms with Crippen molar-refractivity contribution in [1.82, 2.24) is 4.57 Å². The molecule has 0 fully saturated rings. The lowest BCUT2D eigenvalue weighted by Crippen LogP contribution is -2.08. The molecule has 0 spiro atoms. The van der Waals surface area contributed by atoms with Gasteiger partial charge in [0, 0.05) is 23.2 Å². The largest absolute Gasteiger partial charge is 0.496 e. The van der Waals surface area contributed by atoms with Crippen molar-refractivity contribution < 1.29 is 19.7 Å². The topological polar surface area (TPSA) is 63.9 Å². The highest BCUT2D eigenvalue weighted by Gasteiger charge is 2.32. The number of aryl methyl sites for hydroxylation is 2. The number of rotatable bonds is 7. The Balaban J connectivity index is 1.62. The summed E-state index contributed by atoms with van der Waals surface area (Å²) in [6.45, 7) is 5.06. The molecule has 0 bridgehead atoms. The van der Waals surface area contributed by atoms with Crippen molar-refractivity contribution in [3.63, 3.8) is 0 Å². The lowest BCUT2D eigenvalue weighted by Gasteiger charge is -2.22. The van der Waals surface area contributed by atoms with Crippen molar-refractivity contribution in [2.24, 2.45) is 0 Å². The molecule has 0 aliphatic heterocycles. The van der Waals surface area contributed by atoms with Crippen LogP contribution in [0, 0.1) is 6.92 Å². The molecule has 2 N–H and O–H groups in total. The van der Waals surface area contributed by atoms with Gasteiger partial charge in [0.15, 0.2) is 5.88 Å². The Morgan fingerprint density at radius 1 is 0.900 bits per heavy atom. The van der Waals surface area contributed by atoms with Crippen LogP contribution in [0.25, 0.3) is 11.1 Å². The summed E-state index contributed by atoms with van der Waals surface area (Å²) >= 11 is 0. The maximum atomic E-state index is 10.8. The standard InChI is InChI=1S/C25H29NO4/c1-4-26-24(27)19-12-11-18-20(29-3)13-14-21(22(18)23(19)25(26)28)30-15-5-6-17-9-7-16(2)8-10-17/h7-10,13-14,27-28H,4-6,11-12,15H2,1-3H3. The monoisotopic (exact) mass is 407 g/mol. The maximum absolute atomic E-state index is 10.8. The number of aromatic hydroxyl groups is 2. The van der Waals surface area contributed by atoms with E-state index in [4.69, 9.17) is 9.47 Å². The van der Waals surface area contributed by atoms with E-state index in [1.54, 1.807) is 11.7 Å². The molecule has 0 amide bonds. The van der Waals surface area contributed by atoms with Gasteiger partial charge in [-0.1, -0.05) is 29.8 Å². The van der Waals surface area contributed by atoms with Crippen LogP contribution in [0.1, 0.15) is 35.6 Å². The highest BCUT2D eigenvalue weighted by molar-refractivity contribution is 5.86. The molecular weight excluding hydrogens is 378 g/mol. The molecule has 1 aromatic heterocycles. The first kappa shape index (κ1) is 20.2. The zero-order valence-corrected chi connectivity index (χ0v) is 17.9. The molecule has 30 heavy (non-hydrogen) atoms. The zero-order valence-electron chi connectivity index (χ0n) is 17.9. The second kappa shape index (κ2) is 8.34. The number of hydrogen-bond acceptors (Lipinski definition) is 4. The van der Waals surface area contributed by atoms with Gasteiger partial charge in [-0.3, -0.25) is 4.57 Å². The summed E-state index contributed by atoms with van der Waals surface area (Å²) in [5.41, 5.74) is 5.86. The Bertz CT molecular complexity index is 1050. The van der Waals surface area contributed by atoms with Gasteiger partial charge < -0.3 is 19.7 Å². The lowest BCUT2D eigenvalue weighted by atomic mass is 9.86. The minimum atomic E-state index is 0.0868. The van der Waals surface area contributed by atoms with Crippen molar-refractivity contribution in [3.05, 3.63) is 58.7 Å². The number of hydrogen-bond donors (Lipinski definition) is 2. The third kappa shape index (κ3) is 3.49. The number of nitrogens with zero attached hydrogens (tertiary/aromatic N) is 1. The number of methoxy groups -OCH3 is 1. The Labute approximate surface area is 177 Å². The van der Waals surface area contributed by atoms with Crippen molar-refractivity contribution in [2.45, 2.75) is 46.1 Å². The highest BCUT2D eigenvalue weighted by Crippen LogP contribution is 2.51. The first-order chi connectivity index (χ1) is 14.5. The van der Waals surface area contributed by atoms with Crippen LogP contribution in [0.3, 0.4) is 0 Å². The quantitative estimate of drug-likeness (QED) is 0.540. The molecule has 2 aromatic carbocycles. The Hall–Kier alpha value is -3.08. The summed E-state index contributed by atoms with van der Waals surface area (Å²) in [6.07, 6.45) is 3.22. The van der Waals surface area contributed by atoms with E-state index in [1.165, 1.54) is 11.1 Å². The summed E-state index contributed by atoms with van der Waals surface area (Å²) in [7, 11) is 1.65. The average Bonchev–Trinajstić information content (AvgIpc) is 3.01. The van der Waals surface area contributed by atoms with Crippen LogP contribution in [0.5, 0.6) is 23.3 Å². The van der Waals surface area contributed by atoms with Crippen LogP contribution in [-0.4, -0.2) is 28.5 Å². The second-order valence-electron chi connectivity index (χ2n) is 7.80. The first-order valence-electron chi connectivity index (χ1n) is 10.6. The van der Waals surface area contributed by atoms with E-state index in [9.17, 15) is 10.2 Å². The fraction of sp³-hybridized carbons (Fsp3) is 0.360. The summed E-state index contributed by atoms with van der Waals surface area (Å²) in [4.78, 5) is 0. The van der Waals surface area contributed by atoms with Crippen LogP contribution < -0.4 is 9.47 Å². The molecule has 5 nitrogen and oxygen atoms in total. The molecular formula is C25H29NO4. The molecule has 158 valence electrons. The summed E-state index contributed by atoms with van der Waals surface area (Å²) in [5.74, 6) is 1.73. The molecule has 0 saturated carbocycles. The van der Waals surface area contributed by atoms with Crippen molar-refractivity contribution in [3.8, 4) is 34.4 Å². The number of ether oxygens (including phenoxy) is 2. The average molecular weight is 408 g/mol. The summed E-state index contributed by atoms with van der Waals surface area (Å²) in [6, 6.07) is 12.4. The van der Waals surface area contributed by atoms with Gasteiger partial charge in [0.25, 0.3) is 0 Å². The van der Waals surface area contributed by atoms with Gasteiger partial charge in [0.1, 0.15) is 11.5 Å². The van der Waals surface area contributed by atoms with E-state index in [1.807, 2.05) is 19.1 Å². The van der Waals surface area contributed by atoms with E-state index >= 15 is 0 Å². The van der Waals surface area contributed by atoms with E-state index in [2.05, 4.69) is 31.2 Å². The molecule has 1 heterocycles. The van der Waals surface area contributed by atoms with Crippen LogP contribution in [-0.2, 0) is 25.8 Å². The molecule has 0 saturated heterocycles. The fourth-order valence-corrected chi connectivity index (χ4v) is 4.35. The van der Waals surface area contributed by atoms with Gasteiger partial charge in [0.2, 0.25) is 5.88 Å². The number of fused-ring (bicyclic) bond motifs is 3. The third-order valence-electron chi connectivity index (χ3n) is 5.94. The van der Waals surface area contributed by atoms with Gasteiger partial charge in [0.05, 0.1) is 19.3 Å². The molecule has 4 rings (SSSR count). The normalized spacial score (nSPS) is 12.4. The Kier molecular flexibility index (Phi) is 5.62. The molecule has 5 heteroatoms. The van der Waals surface area contributed by atoms with Gasteiger partial charge in [-0.15, -0.1) is 0 Å². The van der Waals surface area contributed by atoms with Gasteiger partial charge in [-0.05, 0) is 57.2 Å². The van der Waals surface area contributed by atoms with Gasteiger partial charge in [-0.25, -0.2) is 0 Å². The van der Waals surface area contributed by atoms with Crippen molar-refractivity contribution in [2.75, 3.05) is 13.7 Å². The lowest BCUT2D eigenvalue weighted by molar-refractivity contribution is 0.310. The zero-order chi connectivity index (χ0) is 21.3. The molecule has 3 aromatic rings. The van der Waals surface area contributed by atoms with Crippen LogP contribution in [0.15, 0.2) is 36.4 Å². The molecule has 0 radical (unpaired) electrons. The van der Waals surface area contributed by atoms with Crippen LogP contribution >= 0.6 is 0 Å². The smallest absolute Gasteiger partial charge is 0.202 e. The van der Waals surface area contributed by atoms with Crippen molar-refractivity contribution >= 4 is 0 Å². The Morgan fingerprint density at radius 2 is 1.60 bits per heavy atom. The second-order valence-corrected chi connectivity index (χ2v) is 7.80. The van der Waals surface area contributed by atoms with E-state index in [0.29, 0.717) is 25.1 Å². The first-order valence-corrected chi connectivity index (χ1v) is 10.6. The minimum absolute atomic E-state index is 0.0868. The predicted molar refractivity (Wildman–Crippen MR) is 118 cm³/mol. The van der Waals surface area contributed by atoms with Gasteiger partial charge in [-0.2, -0.15) is 0 Å². The SMILES string of the molecule is CCn1c(O)c2c(c1O)-c1c(OCCCc3ccc(C)cc3)ccc(OC)c1CC2. The molecule has 0 unspecified atom stereocenters. The maximum Gasteiger partial charge on any atom is 0.202 e. The molecule has 0 atom stereocenters. The summed E-state index contributed by atoms with van der Waals surface area (Å²) < 4.78 is 13.3. The molecule has 1 aliphatic carbocycles.